The lowest BCUT2D eigenvalue weighted by atomic mass is 9.96. The predicted molar refractivity (Wildman–Crippen MR) is 130 cm³/mol. The maximum atomic E-state index is 12.3. The first-order chi connectivity index (χ1) is 16.6. The molecule has 4 aromatic rings. The summed E-state index contributed by atoms with van der Waals surface area (Å²) in [7, 11) is 0. The highest BCUT2D eigenvalue weighted by Crippen LogP contribution is 2.50. The summed E-state index contributed by atoms with van der Waals surface area (Å²) in [6, 6.07) is 20.4. The zero-order valence-electron chi connectivity index (χ0n) is 19.1. The Labute approximate surface area is 198 Å². The van der Waals surface area contributed by atoms with Crippen molar-refractivity contribution in [2.75, 3.05) is 12.3 Å². The predicted octanol–water partition coefficient (Wildman–Crippen LogP) is 4.70. The number of aromatic amines is 1. The summed E-state index contributed by atoms with van der Waals surface area (Å²) in [4.78, 5) is 20.7. The third-order valence-corrected chi connectivity index (χ3v) is 6.35. The summed E-state index contributed by atoms with van der Waals surface area (Å²) in [6.45, 7) is 2.47. The van der Waals surface area contributed by atoms with E-state index in [0.29, 0.717) is 36.5 Å². The third-order valence-electron chi connectivity index (χ3n) is 6.35. The molecule has 7 nitrogen and oxygen atoms in total. The molecule has 0 spiro atoms. The second-order valence-electron chi connectivity index (χ2n) is 8.84. The topological polar surface area (TPSA) is 107 Å². The quantitative estimate of drug-likeness (QED) is 0.375. The summed E-state index contributed by atoms with van der Waals surface area (Å²) in [5, 5.41) is 6.85. The highest BCUT2D eigenvalue weighted by Gasteiger charge is 2.38. The number of rotatable bonds is 8. The zero-order chi connectivity index (χ0) is 23.5. The zero-order valence-corrected chi connectivity index (χ0v) is 19.1. The highest BCUT2D eigenvalue weighted by atomic mass is 16.5. The minimum Gasteiger partial charge on any atom is -0.460 e. The third kappa shape index (κ3) is 4.98. The monoisotopic (exact) mass is 453 g/mol. The average Bonchev–Trinajstić information content (AvgIpc) is 3.46. The molecule has 2 aromatic heterocycles. The Morgan fingerprint density at radius 1 is 1.15 bits per heavy atom. The van der Waals surface area contributed by atoms with Gasteiger partial charge < -0.3 is 10.5 Å². The molecule has 1 aliphatic rings. The molecule has 0 amide bonds. The van der Waals surface area contributed by atoms with Crippen molar-refractivity contribution in [1.82, 2.24) is 20.2 Å². The molecule has 5 rings (SSSR count). The first-order valence-corrected chi connectivity index (χ1v) is 11.5. The highest BCUT2D eigenvalue weighted by molar-refractivity contribution is 5.85. The standard InChI is InChI=1S/C27H27N5O2/c1-17-7-8-19(14-22(17)20-9-11-29-24(28)16-20)23-15-21(23)10-12-34-27(33)26-30-25(31-32-26)13-18-5-3-2-4-6-18/h2-9,11,14,16,21,23H,10,12-13,15H2,1H3,(H2,28,29)(H,30,31,32). The van der Waals surface area contributed by atoms with Crippen LogP contribution < -0.4 is 5.73 Å². The van der Waals surface area contributed by atoms with Gasteiger partial charge in [-0.1, -0.05) is 48.5 Å². The van der Waals surface area contributed by atoms with Crippen LogP contribution >= 0.6 is 0 Å². The Hall–Kier alpha value is -4.00. The van der Waals surface area contributed by atoms with E-state index in [1.54, 1.807) is 6.20 Å². The van der Waals surface area contributed by atoms with E-state index in [1.165, 1.54) is 16.7 Å². The summed E-state index contributed by atoms with van der Waals surface area (Å²) in [5.41, 5.74) is 11.8. The first-order valence-electron chi connectivity index (χ1n) is 11.5. The fraction of sp³-hybridized carbons (Fsp3) is 0.259. The van der Waals surface area contributed by atoms with E-state index in [9.17, 15) is 4.79 Å². The molecule has 2 atom stereocenters. The number of aromatic nitrogens is 4. The number of nitrogen functional groups attached to an aromatic ring is 1. The number of nitrogens with one attached hydrogen (secondary N) is 1. The Kier molecular flexibility index (Phi) is 6.08. The van der Waals surface area contributed by atoms with Gasteiger partial charge in [-0.2, -0.15) is 0 Å². The van der Waals surface area contributed by atoms with Crippen LogP contribution in [0.3, 0.4) is 0 Å². The van der Waals surface area contributed by atoms with Crippen molar-refractivity contribution >= 4 is 11.8 Å². The van der Waals surface area contributed by atoms with Gasteiger partial charge in [-0.15, -0.1) is 5.10 Å². The van der Waals surface area contributed by atoms with Gasteiger partial charge in [-0.05, 0) is 71.6 Å². The van der Waals surface area contributed by atoms with Gasteiger partial charge in [0.15, 0.2) is 0 Å². The van der Waals surface area contributed by atoms with Crippen molar-refractivity contribution in [3.8, 4) is 11.1 Å². The van der Waals surface area contributed by atoms with Crippen molar-refractivity contribution < 1.29 is 9.53 Å². The number of H-pyrrole nitrogens is 1. The van der Waals surface area contributed by atoms with E-state index >= 15 is 0 Å². The molecule has 0 aliphatic heterocycles. The molecule has 7 heteroatoms. The molecule has 0 radical (unpaired) electrons. The molecule has 2 unspecified atom stereocenters. The average molecular weight is 454 g/mol. The molecule has 0 bridgehead atoms. The van der Waals surface area contributed by atoms with Crippen LogP contribution in [-0.4, -0.2) is 32.7 Å². The number of carbonyl (C=O) groups excluding carboxylic acids is 1. The van der Waals surface area contributed by atoms with E-state index in [-0.39, 0.29) is 5.82 Å². The number of pyridine rings is 1. The number of ether oxygens (including phenoxy) is 1. The van der Waals surface area contributed by atoms with Gasteiger partial charge in [0.05, 0.1) is 6.61 Å². The molecule has 172 valence electrons. The van der Waals surface area contributed by atoms with Crippen LogP contribution in [0, 0.1) is 12.8 Å². The maximum Gasteiger partial charge on any atom is 0.378 e. The molecule has 1 fully saturated rings. The van der Waals surface area contributed by atoms with Crippen LogP contribution in [0.1, 0.15) is 51.9 Å². The van der Waals surface area contributed by atoms with Crippen LogP contribution in [0.5, 0.6) is 0 Å². The van der Waals surface area contributed by atoms with Gasteiger partial charge >= 0.3 is 5.97 Å². The SMILES string of the molecule is Cc1ccc(C2CC2CCOC(=O)c2n[nH]c(Cc3ccccc3)n2)cc1-c1ccnc(N)c1. The van der Waals surface area contributed by atoms with Crippen molar-refractivity contribution in [2.45, 2.75) is 32.1 Å². The number of aryl methyl sites for hydroxylation is 1. The van der Waals surface area contributed by atoms with E-state index in [2.05, 4.69) is 45.3 Å². The second-order valence-corrected chi connectivity index (χ2v) is 8.84. The van der Waals surface area contributed by atoms with Gasteiger partial charge in [0.25, 0.3) is 5.82 Å². The number of hydrogen-bond donors (Lipinski definition) is 2. The van der Waals surface area contributed by atoms with Crippen LogP contribution in [0.2, 0.25) is 0 Å². The molecule has 2 heterocycles. The van der Waals surface area contributed by atoms with Crippen LogP contribution in [0.25, 0.3) is 11.1 Å². The van der Waals surface area contributed by atoms with E-state index in [1.807, 2.05) is 42.5 Å². The van der Waals surface area contributed by atoms with Gasteiger partial charge in [-0.3, -0.25) is 5.10 Å². The Morgan fingerprint density at radius 2 is 2.00 bits per heavy atom. The number of nitrogens with zero attached hydrogens (tertiary/aromatic N) is 3. The van der Waals surface area contributed by atoms with Gasteiger partial charge in [0.1, 0.15) is 11.6 Å². The first kappa shape index (κ1) is 21.8. The molecule has 3 N–H and O–H groups in total. The van der Waals surface area contributed by atoms with Crippen molar-refractivity contribution in [2.24, 2.45) is 5.92 Å². The summed E-state index contributed by atoms with van der Waals surface area (Å²) in [6.07, 6.45) is 4.25. The van der Waals surface area contributed by atoms with E-state index in [4.69, 9.17) is 10.5 Å². The molecule has 34 heavy (non-hydrogen) atoms. The largest absolute Gasteiger partial charge is 0.460 e. The van der Waals surface area contributed by atoms with Crippen molar-refractivity contribution in [3.63, 3.8) is 0 Å². The number of anilines is 1. The van der Waals surface area contributed by atoms with Crippen LogP contribution in [0.4, 0.5) is 5.82 Å². The van der Waals surface area contributed by atoms with Crippen molar-refractivity contribution in [3.05, 3.63) is 95.2 Å². The fourth-order valence-corrected chi connectivity index (χ4v) is 4.39. The molecular weight excluding hydrogens is 426 g/mol. The second kappa shape index (κ2) is 9.47. The van der Waals surface area contributed by atoms with Crippen molar-refractivity contribution in [1.29, 1.82) is 0 Å². The molecular formula is C27H27N5O2. The minimum atomic E-state index is -0.486. The Morgan fingerprint density at radius 3 is 2.82 bits per heavy atom. The fourth-order valence-electron chi connectivity index (χ4n) is 4.39. The Bertz CT molecular complexity index is 1300. The van der Waals surface area contributed by atoms with E-state index < -0.39 is 5.97 Å². The molecule has 0 saturated heterocycles. The molecule has 1 aliphatic carbocycles. The summed E-state index contributed by atoms with van der Waals surface area (Å²) < 4.78 is 5.45. The number of nitrogens with two attached hydrogens (primary N) is 1. The molecule has 2 aromatic carbocycles. The number of esters is 1. The smallest absolute Gasteiger partial charge is 0.378 e. The number of hydrogen-bond acceptors (Lipinski definition) is 6. The van der Waals surface area contributed by atoms with Crippen LogP contribution in [-0.2, 0) is 11.2 Å². The Balaban J connectivity index is 1.13. The van der Waals surface area contributed by atoms with Gasteiger partial charge in [0.2, 0.25) is 0 Å². The minimum absolute atomic E-state index is 0.0816. The van der Waals surface area contributed by atoms with E-state index in [0.717, 1.165) is 24.0 Å². The van der Waals surface area contributed by atoms with Gasteiger partial charge in [-0.25, -0.2) is 14.8 Å². The summed E-state index contributed by atoms with van der Waals surface area (Å²) >= 11 is 0. The summed E-state index contributed by atoms with van der Waals surface area (Å²) in [5.74, 6) is 1.75. The normalized spacial score (nSPS) is 16.9. The lowest BCUT2D eigenvalue weighted by molar-refractivity contribution is 0.0480. The number of benzene rings is 2. The molecule has 1 saturated carbocycles. The lowest BCUT2D eigenvalue weighted by Gasteiger charge is -2.10. The van der Waals surface area contributed by atoms with Gasteiger partial charge in [0, 0.05) is 12.6 Å². The lowest BCUT2D eigenvalue weighted by Crippen LogP contribution is -2.09. The maximum absolute atomic E-state index is 12.3. The van der Waals surface area contributed by atoms with Crippen LogP contribution in [0.15, 0.2) is 66.9 Å². The number of carbonyl (C=O) groups is 1.